The van der Waals surface area contributed by atoms with Gasteiger partial charge in [0.25, 0.3) is 0 Å². The molecule has 0 unspecified atom stereocenters. The molecule has 0 atom stereocenters. The first kappa shape index (κ1) is 22.8. The molecule has 0 aliphatic heterocycles. The summed E-state index contributed by atoms with van der Waals surface area (Å²) >= 11 is 4.15. The van der Waals surface area contributed by atoms with Gasteiger partial charge in [0.15, 0.2) is 4.34 Å². The van der Waals surface area contributed by atoms with E-state index < -0.39 is 5.91 Å². The molecule has 1 aliphatic rings. The molecule has 2 aromatic heterocycles. The van der Waals surface area contributed by atoms with Gasteiger partial charge in [-0.3, -0.25) is 9.59 Å². The fourth-order valence-electron chi connectivity index (χ4n) is 3.22. The SMILES string of the molecule is Cc1nc(SCC(=O)Nc2sc3c(c2C(=O)OC(C)C)CCCC3)sc1CC(N)=O. The summed E-state index contributed by atoms with van der Waals surface area (Å²) in [5.41, 5.74) is 7.54. The number of thioether (sulfide) groups is 1. The number of thiazole rings is 1. The van der Waals surface area contributed by atoms with Crippen LogP contribution in [0.15, 0.2) is 4.34 Å². The van der Waals surface area contributed by atoms with E-state index in [4.69, 9.17) is 10.5 Å². The maximum Gasteiger partial charge on any atom is 0.341 e. The van der Waals surface area contributed by atoms with Gasteiger partial charge in [-0.2, -0.15) is 0 Å². The second kappa shape index (κ2) is 9.93. The Morgan fingerprint density at radius 2 is 1.97 bits per heavy atom. The Morgan fingerprint density at radius 3 is 2.67 bits per heavy atom. The highest BCUT2D eigenvalue weighted by Crippen LogP contribution is 2.39. The lowest BCUT2D eigenvalue weighted by molar-refractivity contribution is -0.117. The van der Waals surface area contributed by atoms with Crippen molar-refractivity contribution in [2.24, 2.45) is 5.73 Å². The van der Waals surface area contributed by atoms with E-state index in [0.29, 0.717) is 14.9 Å². The van der Waals surface area contributed by atoms with Crippen molar-refractivity contribution in [1.82, 2.24) is 4.98 Å². The number of hydrogen-bond donors (Lipinski definition) is 2. The Bertz CT molecular complexity index is 965. The molecule has 2 aromatic rings. The van der Waals surface area contributed by atoms with Crippen LogP contribution in [-0.4, -0.2) is 34.6 Å². The molecule has 0 spiro atoms. The van der Waals surface area contributed by atoms with Gasteiger partial charge in [-0.05, 0) is 52.0 Å². The number of carbonyl (C=O) groups excluding carboxylic acids is 3. The van der Waals surface area contributed by atoms with E-state index in [1.54, 1.807) is 0 Å². The molecule has 0 saturated carbocycles. The van der Waals surface area contributed by atoms with Crippen molar-refractivity contribution in [1.29, 1.82) is 0 Å². The van der Waals surface area contributed by atoms with Gasteiger partial charge in [-0.15, -0.1) is 22.7 Å². The number of fused-ring (bicyclic) bond motifs is 1. The molecule has 0 fully saturated rings. The van der Waals surface area contributed by atoms with Crippen LogP contribution in [0.3, 0.4) is 0 Å². The number of nitrogens with two attached hydrogens (primary N) is 1. The molecular formula is C20H25N3O4S3. The molecule has 1 aliphatic carbocycles. The summed E-state index contributed by atoms with van der Waals surface area (Å²) in [4.78, 5) is 42.8. The standard InChI is InChI=1S/C20H25N3O4S3/c1-10(2)27-19(26)17-12-6-4-5-7-13(12)29-18(17)23-16(25)9-28-20-22-11(3)14(30-20)8-15(21)24/h10H,4-9H2,1-3H3,(H2,21,24)(H,23,25). The predicted octanol–water partition coefficient (Wildman–Crippen LogP) is 3.72. The summed E-state index contributed by atoms with van der Waals surface area (Å²) in [6.07, 6.45) is 3.81. The number of nitrogens with zero attached hydrogens (tertiary/aromatic N) is 1. The number of amides is 2. The average Bonchev–Trinajstić information content (AvgIpc) is 3.18. The molecule has 3 rings (SSSR count). The lowest BCUT2D eigenvalue weighted by Crippen LogP contribution is -2.18. The Kier molecular flexibility index (Phi) is 7.54. The van der Waals surface area contributed by atoms with Crippen molar-refractivity contribution >= 4 is 57.2 Å². The molecule has 2 amide bonds. The van der Waals surface area contributed by atoms with Crippen LogP contribution in [0.25, 0.3) is 0 Å². The Hall–Kier alpha value is -1.91. The van der Waals surface area contributed by atoms with Gasteiger partial charge in [0.1, 0.15) is 5.00 Å². The number of anilines is 1. The van der Waals surface area contributed by atoms with Crippen LogP contribution in [0.4, 0.5) is 5.00 Å². The van der Waals surface area contributed by atoms with Gasteiger partial charge in [0.05, 0.1) is 29.5 Å². The number of aromatic nitrogens is 1. The van der Waals surface area contributed by atoms with Crippen LogP contribution < -0.4 is 11.1 Å². The molecule has 2 heterocycles. The lowest BCUT2D eigenvalue weighted by atomic mass is 9.95. The Labute approximate surface area is 187 Å². The maximum absolute atomic E-state index is 12.7. The number of thiophene rings is 1. The van der Waals surface area contributed by atoms with Gasteiger partial charge < -0.3 is 15.8 Å². The fourth-order valence-corrected chi connectivity index (χ4v) is 6.56. The van der Waals surface area contributed by atoms with E-state index in [1.165, 1.54) is 34.4 Å². The van der Waals surface area contributed by atoms with Crippen LogP contribution in [0, 0.1) is 6.92 Å². The highest BCUT2D eigenvalue weighted by molar-refractivity contribution is 8.01. The Balaban J connectivity index is 1.70. The van der Waals surface area contributed by atoms with Crippen LogP contribution in [0.1, 0.15) is 58.1 Å². The van der Waals surface area contributed by atoms with E-state index in [-0.39, 0.29) is 30.2 Å². The molecule has 10 heteroatoms. The minimum absolute atomic E-state index is 0.151. The summed E-state index contributed by atoms with van der Waals surface area (Å²) < 4.78 is 6.14. The van der Waals surface area contributed by atoms with Gasteiger partial charge in [0.2, 0.25) is 11.8 Å². The van der Waals surface area contributed by atoms with E-state index in [9.17, 15) is 14.4 Å². The maximum atomic E-state index is 12.7. The van der Waals surface area contributed by atoms with Gasteiger partial charge in [-0.1, -0.05) is 11.8 Å². The van der Waals surface area contributed by atoms with Crippen LogP contribution >= 0.6 is 34.4 Å². The van der Waals surface area contributed by atoms with Crippen LogP contribution in [-0.2, 0) is 33.6 Å². The second-order valence-corrected chi connectivity index (χ2v) is 10.7. The van der Waals surface area contributed by atoms with Gasteiger partial charge in [-0.25, -0.2) is 9.78 Å². The third-order valence-corrected chi connectivity index (χ3v) is 8.01. The summed E-state index contributed by atoms with van der Waals surface area (Å²) in [5.74, 6) is -0.830. The summed E-state index contributed by atoms with van der Waals surface area (Å²) in [5, 5.41) is 3.48. The first-order chi connectivity index (χ1) is 14.2. The summed E-state index contributed by atoms with van der Waals surface area (Å²) in [7, 11) is 0. The second-order valence-electron chi connectivity index (χ2n) is 7.34. The monoisotopic (exact) mass is 467 g/mol. The van der Waals surface area contributed by atoms with E-state index in [1.807, 2.05) is 20.8 Å². The zero-order valence-corrected chi connectivity index (χ0v) is 19.7. The minimum Gasteiger partial charge on any atom is -0.459 e. The molecule has 162 valence electrons. The minimum atomic E-state index is -0.404. The normalized spacial score (nSPS) is 13.2. The molecule has 3 N–H and O–H groups in total. The van der Waals surface area contributed by atoms with E-state index >= 15 is 0 Å². The van der Waals surface area contributed by atoms with Gasteiger partial charge in [0, 0.05) is 9.75 Å². The van der Waals surface area contributed by atoms with Crippen molar-refractivity contribution in [3.63, 3.8) is 0 Å². The van der Waals surface area contributed by atoms with Crippen molar-refractivity contribution in [3.05, 3.63) is 26.6 Å². The molecular weight excluding hydrogens is 442 g/mol. The Morgan fingerprint density at radius 1 is 1.23 bits per heavy atom. The first-order valence-electron chi connectivity index (χ1n) is 9.77. The largest absolute Gasteiger partial charge is 0.459 e. The number of primary amides is 1. The number of aryl methyl sites for hydroxylation is 2. The third-order valence-electron chi connectivity index (χ3n) is 4.51. The number of hydrogen-bond acceptors (Lipinski definition) is 8. The smallest absolute Gasteiger partial charge is 0.341 e. The van der Waals surface area contributed by atoms with Crippen molar-refractivity contribution in [2.75, 3.05) is 11.1 Å². The third kappa shape index (κ3) is 5.61. The highest BCUT2D eigenvalue weighted by atomic mass is 32.2. The van der Waals surface area contributed by atoms with Crippen LogP contribution in [0.2, 0.25) is 0 Å². The van der Waals surface area contributed by atoms with Crippen molar-refractivity contribution in [3.8, 4) is 0 Å². The number of nitrogens with one attached hydrogen (secondary N) is 1. The van der Waals surface area contributed by atoms with Crippen molar-refractivity contribution < 1.29 is 19.1 Å². The van der Waals surface area contributed by atoms with Gasteiger partial charge >= 0.3 is 5.97 Å². The molecule has 0 bridgehead atoms. The molecule has 0 saturated heterocycles. The fraction of sp³-hybridized carbons (Fsp3) is 0.500. The molecule has 0 radical (unpaired) electrons. The summed E-state index contributed by atoms with van der Waals surface area (Å²) in [6, 6.07) is 0. The van der Waals surface area contributed by atoms with E-state index in [0.717, 1.165) is 46.7 Å². The first-order valence-corrected chi connectivity index (χ1v) is 12.4. The van der Waals surface area contributed by atoms with E-state index in [2.05, 4.69) is 10.3 Å². The molecule has 7 nitrogen and oxygen atoms in total. The van der Waals surface area contributed by atoms with Crippen LogP contribution in [0.5, 0.6) is 0 Å². The number of ether oxygens (including phenoxy) is 1. The number of esters is 1. The topological polar surface area (TPSA) is 111 Å². The number of rotatable bonds is 8. The average molecular weight is 468 g/mol. The number of carbonyl (C=O) groups is 3. The summed E-state index contributed by atoms with van der Waals surface area (Å²) in [6.45, 7) is 5.45. The molecule has 30 heavy (non-hydrogen) atoms. The van der Waals surface area contributed by atoms with Crippen molar-refractivity contribution in [2.45, 2.75) is 63.3 Å². The lowest BCUT2D eigenvalue weighted by Gasteiger charge is -2.14. The zero-order chi connectivity index (χ0) is 21.8. The zero-order valence-electron chi connectivity index (χ0n) is 17.2. The highest BCUT2D eigenvalue weighted by Gasteiger charge is 2.28. The molecule has 0 aromatic carbocycles. The predicted molar refractivity (Wildman–Crippen MR) is 121 cm³/mol. The quantitative estimate of drug-likeness (QED) is 0.452.